The van der Waals surface area contributed by atoms with Crippen molar-refractivity contribution < 1.29 is 14.7 Å². The maximum absolute atomic E-state index is 11.3. The van der Waals surface area contributed by atoms with Gasteiger partial charge in [0.05, 0.1) is 12.0 Å². The van der Waals surface area contributed by atoms with Crippen LogP contribution in [0.1, 0.15) is 18.5 Å². The number of carbonyl (C=O) groups excluding carboxylic acids is 1. The predicted octanol–water partition coefficient (Wildman–Crippen LogP) is 1.75. The summed E-state index contributed by atoms with van der Waals surface area (Å²) in [5, 5.41) is 11.6. The molecule has 0 saturated carbocycles. The van der Waals surface area contributed by atoms with Gasteiger partial charge in [0, 0.05) is 0 Å². The normalized spacial score (nSPS) is 13.5. The number of carboxylic acid groups (broad SMARTS) is 1. The molecule has 0 fully saturated rings. The second kappa shape index (κ2) is 5.84. The van der Waals surface area contributed by atoms with Gasteiger partial charge in [-0.15, -0.1) is 0 Å². The fraction of sp³-hybridized carbons (Fsp3) is 0.231. The van der Waals surface area contributed by atoms with Crippen LogP contribution < -0.4 is 5.32 Å². The van der Waals surface area contributed by atoms with Crippen molar-refractivity contribution in [1.82, 2.24) is 5.32 Å². The molecule has 0 aromatic heterocycles. The molecule has 0 spiro atoms. The van der Waals surface area contributed by atoms with E-state index in [1.54, 1.807) is 31.2 Å². The van der Waals surface area contributed by atoms with Gasteiger partial charge < -0.3 is 10.4 Å². The number of amides is 1. The van der Waals surface area contributed by atoms with Crippen LogP contribution in [-0.2, 0) is 9.59 Å². The van der Waals surface area contributed by atoms with Crippen molar-refractivity contribution in [3.05, 3.63) is 48.6 Å². The SMILES string of the molecule is C=CC(=O)NC(c1ccccc1)C(C)C(=O)O. The summed E-state index contributed by atoms with van der Waals surface area (Å²) < 4.78 is 0. The molecule has 4 nitrogen and oxygen atoms in total. The number of benzene rings is 1. The number of hydrogen-bond donors (Lipinski definition) is 2. The second-order valence-corrected chi connectivity index (χ2v) is 3.73. The van der Waals surface area contributed by atoms with Gasteiger partial charge in [-0.05, 0) is 18.6 Å². The Kier molecular flexibility index (Phi) is 4.46. The molecular weight excluding hydrogens is 218 g/mol. The van der Waals surface area contributed by atoms with Crippen molar-refractivity contribution in [3.8, 4) is 0 Å². The Morgan fingerprint density at radius 1 is 1.35 bits per heavy atom. The van der Waals surface area contributed by atoms with E-state index >= 15 is 0 Å². The van der Waals surface area contributed by atoms with E-state index in [9.17, 15) is 9.59 Å². The molecule has 90 valence electrons. The molecule has 1 aromatic carbocycles. The smallest absolute Gasteiger partial charge is 0.308 e. The zero-order valence-electron chi connectivity index (χ0n) is 9.59. The molecule has 0 aliphatic rings. The van der Waals surface area contributed by atoms with Crippen LogP contribution in [-0.4, -0.2) is 17.0 Å². The van der Waals surface area contributed by atoms with Crippen molar-refractivity contribution in [1.29, 1.82) is 0 Å². The number of hydrogen-bond acceptors (Lipinski definition) is 2. The minimum atomic E-state index is -0.955. The Morgan fingerprint density at radius 3 is 2.41 bits per heavy atom. The van der Waals surface area contributed by atoms with Crippen LogP contribution in [0.25, 0.3) is 0 Å². The van der Waals surface area contributed by atoms with Crippen molar-refractivity contribution in [3.63, 3.8) is 0 Å². The summed E-state index contributed by atoms with van der Waals surface area (Å²) in [6.45, 7) is 4.91. The minimum Gasteiger partial charge on any atom is -0.481 e. The Morgan fingerprint density at radius 2 is 1.94 bits per heavy atom. The third-order valence-corrected chi connectivity index (χ3v) is 2.53. The van der Waals surface area contributed by atoms with Gasteiger partial charge in [0.1, 0.15) is 0 Å². The van der Waals surface area contributed by atoms with Crippen LogP contribution in [0.15, 0.2) is 43.0 Å². The monoisotopic (exact) mass is 233 g/mol. The number of nitrogens with one attached hydrogen (secondary N) is 1. The molecule has 1 aromatic rings. The summed E-state index contributed by atoms with van der Waals surface area (Å²) >= 11 is 0. The van der Waals surface area contributed by atoms with Crippen molar-refractivity contribution in [2.45, 2.75) is 13.0 Å². The minimum absolute atomic E-state index is 0.382. The van der Waals surface area contributed by atoms with Gasteiger partial charge in [-0.2, -0.15) is 0 Å². The van der Waals surface area contributed by atoms with Gasteiger partial charge in [-0.1, -0.05) is 36.9 Å². The highest BCUT2D eigenvalue weighted by atomic mass is 16.4. The summed E-state index contributed by atoms with van der Waals surface area (Å²) in [4.78, 5) is 22.3. The van der Waals surface area contributed by atoms with E-state index in [1.807, 2.05) is 6.07 Å². The van der Waals surface area contributed by atoms with E-state index in [4.69, 9.17) is 5.11 Å². The molecule has 1 amide bonds. The molecule has 2 N–H and O–H groups in total. The Balaban J connectivity index is 2.98. The molecule has 1 rings (SSSR count). The molecule has 0 aliphatic carbocycles. The molecule has 2 unspecified atom stereocenters. The lowest BCUT2D eigenvalue weighted by Crippen LogP contribution is -2.34. The quantitative estimate of drug-likeness (QED) is 0.761. The van der Waals surface area contributed by atoms with Crippen LogP contribution in [0, 0.1) is 5.92 Å². The van der Waals surface area contributed by atoms with Crippen LogP contribution >= 0.6 is 0 Å². The Hall–Kier alpha value is -2.10. The number of carboxylic acids is 1. The Bertz CT molecular complexity index is 414. The van der Waals surface area contributed by atoms with E-state index in [0.717, 1.165) is 11.6 Å². The number of aliphatic carboxylic acids is 1. The fourth-order valence-corrected chi connectivity index (χ4v) is 1.51. The van der Waals surface area contributed by atoms with E-state index in [0.29, 0.717) is 0 Å². The average Bonchev–Trinajstić information content (AvgIpc) is 2.35. The lowest BCUT2D eigenvalue weighted by Gasteiger charge is -2.22. The first-order valence-electron chi connectivity index (χ1n) is 5.27. The van der Waals surface area contributed by atoms with Crippen molar-refractivity contribution >= 4 is 11.9 Å². The van der Waals surface area contributed by atoms with Crippen LogP contribution in [0.4, 0.5) is 0 Å². The maximum Gasteiger partial charge on any atom is 0.308 e. The number of rotatable bonds is 5. The van der Waals surface area contributed by atoms with Crippen molar-refractivity contribution in [2.24, 2.45) is 5.92 Å². The zero-order valence-corrected chi connectivity index (χ0v) is 9.59. The van der Waals surface area contributed by atoms with Gasteiger partial charge in [0.15, 0.2) is 0 Å². The summed E-state index contributed by atoms with van der Waals surface area (Å²) in [6.07, 6.45) is 1.13. The standard InChI is InChI=1S/C13H15NO3/c1-3-11(15)14-12(9(2)13(16)17)10-7-5-4-6-8-10/h3-9,12H,1H2,2H3,(H,14,15)(H,16,17). The van der Waals surface area contributed by atoms with Crippen LogP contribution in [0.3, 0.4) is 0 Å². The fourth-order valence-electron chi connectivity index (χ4n) is 1.51. The molecule has 4 heteroatoms. The van der Waals surface area contributed by atoms with Gasteiger partial charge in [0.2, 0.25) is 5.91 Å². The van der Waals surface area contributed by atoms with Crippen LogP contribution in [0.5, 0.6) is 0 Å². The molecule has 0 aliphatic heterocycles. The third-order valence-electron chi connectivity index (χ3n) is 2.53. The summed E-state index contributed by atoms with van der Waals surface area (Å²) in [7, 11) is 0. The molecule has 0 saturated heterocycles. The lowest BCUT2D eigenvalue weighted by molar-refractivity contribution is -0.142. The van der Waals surface area contributed by atoms with E-state index in [-0.39, 0.29) is 5.91 Å². The first kappa shape index (κ1) is 13.0. The van der Waals surface area contributed by atoms with Gasteiger partial charge >= 0.3 is 5.97 Å². The average molecular weight is 233 g/mol. The highest BCUT2D eigenvalue weighted by molar-refractivity contribution is 5.87. The largest absolute Gasteiger partial charge is 0.481 e. The van der Waals surface area contributed by atoms with E-state index in [2.05, 4.69) is 11.9 Å². The first-order valence-corrected chi connectivity index (χ1v) is 5.27. The van der Waals surface area contributed by atoms with Crippen molar-refractivity contribution in [2.75, 3.05) is 0 Å². The summed E-state index contributed by atoms with van der Waals surface area (Å²) in [5.41, 5.74) is 0.762. The molecule has 2 atom stereocenters. The maximum atomic E-state index is 11.3. The first-order chi connectivity index (χ1) is 8.06. The highest BCUT2D eigenvalue weighted by Gasteiger charge is 2.25. The van der Waals surface area contributed by atoms with E-state index in [1.165, 1.54) is 0 Å². The van der Waals surface area contributed by atoms with Crippen LogP contribution in [0.2, 0.25) is 0 Å². The topological polar surface area (TPSA) is 66.4 Å². The highest BCUT2D eigenvalue weighted by Crippen LogP contribution is 2.21. The van der Waals surface area contributed by atoms with Gasteiger partial charge in [0.25, 0.3) is 0 Å². The molecule has 17 heavy (non-hydrogen) atoms. The third kappa shape index (κ3) is 3.45. The summed E-state index contributed by atoms with van der Waals surface area (Å²) in [5.74, 6) is -2.04. The van der Waals surface area contributed by atoms with Gasteiger partial charge in [-0.25, -0.2) is 0 Å². The lowest BCUT2D eigenvalue weighted by atomic mass is 9.94. The molecular formula is C13H15NO3. The summed E-state index contributed by atoms with van der Waals surface area (Å²) in [6, 6.07) is 8.45. The van der Waals surface area contributed by atoms with Gasteiger partial charge in [-0.3, -0.25) is 9.59 Å². The second-order valence-electron chi connectivity index (χ2n) is 3.73. The number of carbonyl (C=O) groups is 2. The molecule has 0 radical (unpaired) electrons. The molecule has 0 heterocycles. The Labute approximate surface area is 100.0 Å². The zero-order chi connectivity index (χ0) is 12.8. The predicted molar refractivity (Wildman–Crippen MR) is 64.3 cm³/mol. The van der Waals surface area contributed by atoms with E-state index < -0.39 is 17.9 Å². The molecule has 0 bridgehead atoms.